The molecule has 0 N–H and O–H groups in total. The Kier molecular flexibility index (Phi) is 6.84. The van der Waals surface area contributed by atoms with Gasteiger partial charge in [0.1, 0.15) is 0 Å². The van der Waals surface area contributed by atoms with Crippen molar-refractivity contribution < 1.29 is 0 Å². The molecule has 0 rings (SSSR count). The van der Waals surface area contributed by atoms with Crippen LogP contribution in [0.5, 0.6) is 0 Å². The maximum absolute atomic E-state index is 5.73. The fourth-order valence-corrected chi connectivity index (χ4v) is 1.39. The lowest BCUT2D eigenvalue weighted by atomic mass is 10.1. The van der Waals surface area contributed by atoms with Gasteiger partial charge in [0.25, 0.3) is 0 Å². The highest BCUT2D eigenvalue weighted by Crippen LogP contribution is 2.25. The fourth-order valence-electron chi connectivity index (χ4n) is 0.744. The fraction of sp³-hybridized carbons (Fsp3) is 0.400. The lowest BCUT2D eigenvalue weighted by Crippen LogP contribution is -1.84. The van der Waals surface area contributed by atoms with Crippen LogP contribution in [0.25, 0.3) is 0 Å². The predicted molar refractivity (Wildman–Crippen MR) is 65.5 cm³/mol. The molecule has 0 unspecified atom stereocenters. The van der Waals surface area contributed by atoms with E-state index in [1.165, 1.54) is 15.6 Å². The van der Waals surface area contributed by atoms with Crippen molar-refractivity contribution in [1.82, 2.24) is 0 Å². The van der Waals surface area contributed by atoms with Crippen LogP contribution in [-0.4, -0.2) is 0 Å². The first kappa shape index (κ1) is 13.3. The van der Waals surface area contributed by atoms with E-state index in [0.717, 1.165) is 18.4 Å². The zero-order valence-corrected chi connectivity index (χ0v) is 10.9. The van der Waals surface area contributed by atoms with Crippen LogP contribution in [0.1, 0.15) is 26.7 Å². The van der Waals surface area contributed by atoms with Gasteiger partial charge in [-0.25, -0.2) is 0 Å². The van der Waals surface area contributed by atoms with Crippen molar-refractivity contribution in [3.05, 3.63) is 32.8 Å². The second-order valence-electron chi connectivity index (χ2n) is 2.94. The van der Waals surface area contributed by atoms with E-state index in [9.17, 15) is 0 Å². The third-order valence-corrected chi connectivity index (χ3v) is 3.33. The van der Waals surface area contributed by atoms with Crippen LogP contribution in [0.2, 0.25) is 0 Å². The molecule has 0 nitrogen and oxygen atoms in total. The number of rotatable bonds is 4. The summed E-state index contributed by atoms with van der Waals surface area (Å²) >= 11 is 14.8. The van der Waals surface area contributed by atoms with Crippen LogP contribution in [0.4, 0.5) is 0 Å². The summed E-state index contributed by atoms with van der Waals surface area (Å²) in [5.74, 6) is 0. The maximum atomic E-state index is 5.73. The van der Waals surface area contributed by atoms with E-state index in [-0.39, 0.29) is 0 Å². The van der Waals surface area contributed by atoms with Crippen LogP contribution in [0.3, 0.4) is 0 Å². The first-order valence-electron chi connectivity index (χ1n) is 3.95. The van der Waals surface area contributed by atoms with E-state index in [2.05, 4.69) is 36.4 Å². The van der Waals surface area contributed by atoms with Crippen LogP contribution in [-0.2, 0) is 0 Å². The minimum Gasteiger partial charge on any atom is -0.0926 e. The Balaban J connectivity index is 4.18. The van der Waals surface area contributed by atoms with Gasteiger partial charge in [-0.1, -0.05) is 51.3 Å². The van der Waals surface area contributed by atoms with Crippen molar-refractivity contribution in [3.63, 3.8) is 0 Å². The van der Waals surface area contributed by atoms with Gasteiger partial charge in [-0.3, -0.25) is 0 Å². The molecule has 0 aromatic carbocycles. The van der Waals surface area contributed by atoms with Crippen LogP contribution in [0, 0.1) is 0 Å². The summed E-state index contributed by atoms with van der Waals surface area (Å²) in [6, 6.07) is 0. The molecule has 0 spiro atoms. The molecule has 0 aromatic rings. The third kappa shape index (κ3) is 5.56. The Morgan fingerprint density at radius 3 is 2.23 bits per heavy atom. The van der Waals surface area contributed by atoms with Gasteiger partial charge < -0.3 is 0 Å². The van der Waals surface area contributed by atoms with Crippen molar-refractivity contribution in [2.24, 2.45) is 0 Å². The molecule has 0 aliphatic carbocycles. The second kappa shape index (κ2) is 6.69. The smallest absolute Gasteiger partial charge is 0.0375 e. The molecule has 0 saturated carbocycles. The molecule has 13 heavy (non-hydrogen) atoms. The summed E-state index contributed by atoms with van der Waals surface area (Å²) in [7, 11) is 0. The minimum atomic E-state index is 0.518. The van der Waals surface area contributed by atoms with Gasteiger partial charge in [-0.05, 0) is 36.7 Å². The van der Waals surface area contributed by atoms with Crippen molar-refractivity contribution in [2.75, 3.05) is 0 Å². The van der Waals surface area contributed by atoms with Crippen molar-refractivity contribution >= 4 is 39.1 Å². The molecular weight excluding hydrogens is 271 g/mol. The number of hydrogen-bond donors (Lipinski definition) is 0. The Bertz CT molecular complexity index is 248. The summed E-state index contributed by atoms with van der Waals surface area (Å²) < 4.78 is 1.20. The molecule has 0 aliphatic heterocycles. The Morgan fingerprint density at radius 2 is 1.92 bits per heavy atom. The van der Waals surface area contributed by atoms with Gasteiger partial charge in [0.2, 0.25) is 0 Å². The number of halogens is 3. The number of allylic oxidation sites excluding steroid dienone is 4. The van der Waals surface area contributed by atoms with E-state index in [0.29, 0.717) is 5.03 Å². The quantitative estimate of drug-likeness (QED) is 0.612. The van der Waals surface area contributed by atoms with E-state index < -0.39 is 0 Å². The van der Waals surface area contributed by atoms with Crippen LogP contribution >= 0.6 is 39.1 Å². The van der Waals surface area contributed by atoms with Gasteiger partial charge in [0.15, 0.2) is 0 Å². The highest BCUT2D eigenvalue weighted by Gasteiger charge is 2.01. The van der Waals surface area contributed by atoms with Crippen molar-refractivity contribution in [3.8, 4) is 0 Å². The average molecular weight is 284 g/mol. The first-order chi connectivity index (χ1) is 5.99. The van der Waals surface area contributed by atoms with Gasteiger partial charge in [-0.15, -0.1) is 0 Å². The van der Waals surface area contributed by atoms with Gasteiger partial charge >= 0.3 is 0 Å². The average Bonchev–Trinajstić information content (AvgIpc) is 2.04. The SMILES string of the molecule is C=C(Cl)/C(=C\Cl)CCC(Br)=C(C)C. The van der Waals surface area contributed by atoms with Crippen molar-refractivity contribution in [1.29, 1.82) is 0 Å². The van der Waals surface area contributed by atoms with E-state index in [1.807, 2.05) is 0 Å². The second-order valence-corrected chi connectivity index (χ2v) is 4.58. The summed E-state index contributed by atoms with van der Waals surface area (Å²) in [6.07, 6.45) is 1.73. The molecule has 0 saturated heterocycles. The third-order valence-electron chi connectivity index (χ3n) is 1.64. The van der Waals surface area contributed by atoms with E-state index in [4.69, 9.17) is 23.2 Å². The highest BCUT2D eigenvalue weighted by molar-refractivity contribution is 9.11. The zero-order chi connectivity index (χ0) is 10.4. The van der Waals surface area contributed by atoms with E-state index >= 15 is 0 Å². The zero-order valence-electron chi connectivity index (χ0n) is 7.83. The highest BCUT2D eigenvalue weighted by atomic mass is 79.9. The van der Waals surface area contributed by atoms with Crippen molar-refractivity contribution in [2.45, 2.75) is 26.7 Å². The molecule has 74 valence electrons. The minimum absolute atomic E-state index is 0.518. The monoisotopic (exact) mass is 282 g/mol. The van der Waals surface area contributed by atoms with Gasteiger partial charge in [0.05, 0.1) is 0 Å². The molecule has 0 atom stereocenters. The van der Waals surface area contributed by atoms with Crippen LogP contribution < -0.4 is 0 Å². The predicted octanol–water partition coefficient (Wildman–Crippen LogP) is 5.33. The number of hydrogen-bond acceptors (Lipinski definition) is 0. The van der Waals surface area contributed by atoms with Gasteiger partial charge in [-0.2, -0.15) is 0 Å². The molecule has 0 radical (unpaired) electrons. The Hall–Kier alpha value is 0.280. The van der Waals surface area contributed by atoms with Crippen LogP contribution in [0.15, 0.2) is 32.8 Å². The first-order valence-corrected chi connectivity index (χ1v) is 5.55. The molecule has 0 bridgehead atoms. The largest absolute Gasteiger partial charge is 0.0926 e. The summed E-state index contributed by atoms with van der Waals surface area (Å²) in [4.78, 5) is 0. The summed E-state index contributed by atoms with van der Waals surface area (Å²) in [5, 5.41) is 0.518. The Labute approximate surface area is 98.4 Å². The van der Waals surface area contributed by atoms with Gasteiger partial charge in [0, 0.05) is 10.6 Å². The maximum Gasteiger partial charge on any atom is 0.0375 e. The molecule has 3 heteroatoms. The molecule has 0 heterocycles. The summed E-state index contributed by atoms with van der Waals surface area (Å²) in [6.45, 7) is 7.75. The van der Waals surface area contributed by atoms with E-state index in [1.54, 1.807) is 0 Å². The summed E-state index contributed by atoms with van der Waals surface area (Å²) in [5.41, 5.74) is 3.65. The standard InChI is InChI=1S/C10H13BrCl2/c1-7(2)10(11)5-4-9(6-12)8(3)13/h6H,3-5H2,1-2H3/b9-6-. The molecule has 0 amide bonds. The normalized spacial score (nSPS) is 11.3. The lowest BCUT2D eigenvalue weighted by molar-refractivity contribution is 0.982. The molecule has 0 aliphatic rings. The molecule has 0 fully saturated rings. The molecular formula is C10H13BrCl2. The lowest BCUT2D eigenvalue weighted by Gasteiger charge is -2.04. The Morgan fingerprint density at radius 1 is 1.38 bits per heavy atom. The topological polar surface area (TPSA) is 0 Å². The molecule has 0 aromatic heterocycles.